The van der Waals surface area contributed by atoms with Crippen LogP contribution in [0.3, 0.4) is 0 Å². The van der Waals surface area contributed by atoms with Gasteiger partial charge < -0.3 is 14.5 Å². The minimum absolute atomic E-state index is 0.130. The minimum Gasteiger partial charge on any atom is -0.378 e. The fraction of sp³-hybridized carbons (Fsp3) is 0.846. The minimum atomic E-state index is -0.132. The third-order valence-electron chi connectivity index (χ3n) is 3.67. The summed E-state index contributed by atoms with van der Waals surface area (Å²) in [5.41, 5.74) is 0. The van der Waals surface area contributed by atoms with Crippen molar-refractivity contribution in [2.45, 2.75) is 26.2 Å². The van der Waals surface area contributed by atoms with Crippen molar-refractivity contribution in [3.05, 3.63) is 0 Å². The van der Waals surface area contributed by atoms with E-state index >= 15 is 0 Å². The Morgan fingerprint density at radius 3 is 2.78 bits per heavy atom. The smallest absolute Gasteiger partial charge is 0.228 e. The maximum Gasteiger partial charge on any atom is 0.228 e. The number of carbonyl (C=O) groups is 2. The molecule has 0 aromatic rings. The van der Waals surface area contributed by atoms with Gasteiger partial charge in [0.25, 0.3) is 0 Å². The fourth-order valence-electron chi connectivity index (χ4n) is 2.54. The van der Waals surface area contributed by atoms with Gasteiger partial charge in [0, 0.05) is 32.6 Å². The Hall–Kier alpha value is -1.10. The number of rotatable bonds is 4. The number of amides is 2. The first-order valence-corrected chi connectivity index (χ1v) is 6.86. The van der Waals surface area contributed by atoms with Gasteiger partial charge in [0.2, 0.25) is 11.8 Å². The van der Waals surface area contributed by atoms with Crippen molar-refractivity contribution in [1.82, 2.24) is 9.80 Å². The summed E-state index contributed by atoms with van der Waals surface area (Å²) in [6.07, 6.45) is 2.48. The molecule has 2 rings (SSSR count). The summed E-state index contributed by atoms with van der Waals surface area (Å²) >= 11 is 0. The number of carbonyl (C=O) groups excluding carboxylic acids is 2. The summed E-state index contributed by atoms with van der Waals surface area (Å²) in [6, 6.07) is 0. The highest BCUT2D eigenvalue weighted by molar-refractivity contribution is 5.89. The predicted molar refractivity (Wildman–Crippen MR) is 67.0 cm³/mol. The Balaban J connectivity index is 1.86. The van der Waals surface area contributed by atoms with Crippen molar-refractivity contribution >= 4 is 11.8 Å². The zero-order chi connectivity index (χ0) is 13.0. The molecule has 0 aliphatic carbocycles. The molecular formula is C13H22N2O3. The van der Waals surface area contributed by atoms with Crippen molar-refractivity contribution in [3.63, 3.8) is 0 Å². The first-order chi connectivity index (χ1) is 8.72. The highest BCUT2D eigenvalue weighted by Crippen LogP contribution is 2.21. The van der Waals surface area contributed by atoms with Crippen molar-refractivity contribution in [3.8, 4) is 0 Å². The van der Waals surface area contributed by atoms with Crippen LogP contribution < -0.4 is 0 Å². The van der Waals surface area contributed by atoms with E-state index in [4.69, 9.17) is 4.74 Å². The van der Waals surface area contributed by atoms with Gasteiger partial charge in [0.05, 0.1) is 19.1 Å². The van der Waals surface area contributed by atoms with Crippen molar-refractivity contribution in [2.24, 2.45) is 5.92 Å². The average Bonchev–Trinajstić information content (AvgIpc) is 2.78. The van der Waals surface area contributed by atoms with Crippen LogP contribution in [-0.4, -0.2) is 61.0 Å². The van der Waals surface area contributed by atoms with Crippen molar-refractivity contribution in [2.75, 3.05) is 39.4 Å². The zero-order valence-corrected chi connectivity index (χ0v) is 11.1. The van der Waals surface area contributed by atoms with Crippen LogP contribution in [0.5, 0.6) is 0 Å². The second kappa shape index (κ2) is 6.18. The Kier molecular flexibility index (Phi) is 4.58. The average molecular weight is 254 g/mol. The number of morpholine rings is 1. The molecule has 0 aromatic heterocycles. The maximum absolute atomic E-state index is 12.3. The Labute approximate surface area is 108 Å². The van der Waals surface area contributed by atoms with Gasteiger partial charge in [-0.1, -0.05) is 13.3 Å². The Morgan fingerprint density at radius 2 is 2.11 bits per heavy atom. The van der Waals surface area contributed by atoms with Crippen LogP contribution in [0.4, 0.5) is 0 Å². The molecule has 5 heteroatoms. The van der Waals surface area contributed by atoms with Crippen LogP contribution in [0.1, 0.15) is 26.2 Å². The van der Waals surface area contributed by atoms with Gasteiger partial charge in [-0.25, -0.2) is 0 Å². The summed E-state index contributed by atoms with van der Waals surface area (Å²) in [5.74, 6) is 0.133. The normalized spacial score (nSPS) is 24.7. The lowest BCUT2D eigenvalue weighted by atomic mass is 10.1. The monoisotopic (exact) mass is 254 g/mol. The lowest BCUT2D eigenvalue weighted by Crippen LogP contribution is -2.44. The maximum atomic E-state index is 12.3. The molecular weight excluding hydrogens is 232 g/mol. The summed E-state index contributed by atoms with van der Waals surface area (Å²) < 4.78 is 5.24. The summed E-state index contributed by atoms with van der Waals surface area (Å²) in [4.78, 5) is 27.7. The van der Waals surface area contributed by atoms with Gasteiger partial charge in [0.15, 0.2) is 0 Å². The molecule has 18 heavy (non-hydrogen) atoms. The number of ether oxygens (including phenoxy) is 1. The molecule has 0 spiro atoms. The SMILES string of the molecule is CCCCN1C[C@H](C(=O)N2CCOCC2)CC1=O. The highest BCUT2D eigenvalue weighted by atomic mass is 16.5. The molecule has 102 valence electrons. The van der Waals surface area contributed by atoms with E-state index in [0.29, 0.717) is 39.3 Å². The molecule has 2 aliphatic heterocycles. The van der Waals surface area contributed by atoms with Gasteiger partial charge in [0.1, 0.15) is 0 Å². The molecule has 0 N–H and O–H groups in total. The van der Waals surface area contributed by atoms with Crippen LogP contribution >= 0.6 is 0 Å². The van der Waals surface area contributed by atoms with E-state index in [-0.39, 0.29) is 17.7 Å². The van der Waals surface area contributed by atoms with E-state index in [1.165, 1.54) is 0 Å². The Bertz CT molecular complexity index is 313. The molecule has 2 heterocycles. The molecule has 0 saturated carbocycles. The predicted octanol–water partition coefficient (Wildman–Crippen LogP) is 0.494. The first-order valence-electron chi connectivity index (χ1n) is 6.86. The number of unbranched alkanes of at least 4 members (excludes halogenated alkanes) is 1. The third-order valence-corrected chi connectivity index (χ3v) is 3.67. The molecule has 0 unspecified atom stereocenters. The topological polar surface area (TPSA) is 49.9 Å². The van der Waals surface area contributed by atoms with E-state index in [0.717, 1.165) is 19.4 Å². The number of hydrogen-bond donors (Lipinski definition) is 0. The summed E-state index contributed by atoms with van der Waals surface area (Å²) in [7, 11) is 0. The van der Waals surface area contributed by atoms with Crippen molar-refractivity contribution < 1.29 is 14.3 Å². The van der Waals surface area contributed by atoms with Crippen LogP contribution in [0.2, 0.25) is 0 Å². The fourth-order valence-corrected chi connectivity index (χ4v) is 2.54. The molecule has 5 nitrogen and oxygen atoms in total. The van der Waals surface area contributed by atoms with Gasteiger partial charge in [-0.05, 0) is 6.42 Å². The largest absolute Gasteiger partial charge is 0.378 e. The number of nitrogens with zero attached hydrogens (tertiary/aromatic N) is 2. The highest BCUT2D eigenvalue weighted by Gasteiger charge is 2.36. The lowest BCUT2D eigenvalue weighted by Gasteiger charge is -2.29. The number of likely N-dealkylation sites (tertiary alicyclic amines) is 1. The molecule has 2 amide bonds. The van der Waals surface area contributed by atoms with Crippen LogP contribution in [-0.2, 0) is 14.3 Å². The first kappa shape index (κ1) is 13.3. The van der Waals surface area contributed by atoms with E-state index in [2.05, 4.69) is 6.92 Å². The van der Waals surface area contributed by atoms with E-state index in [9.17, 15) is 9.59 Å². The molecule has 0 bridgehead atoms. The molecule has 2 fully saturated rings. The lowest BCUT2D eigenvalue weighted by molar-refractivity contribution is -0.139. The molecule has 2 aliphatic rings. The van der Waals surface area contributed by atoms with E-state index in [1.807, 2.05) is 9.80 Å². The molecule has 1 atom stereocenters. The molecule has 2 saturated heterocycles. The van der Waals surface area contributed by atoms with Gasteiger partial charge in [-0.3, -0.25) is 9.59 Å². The van der Waals surface area contributed by atoms with Gasteiger partial charge in [-0.2, -0.15) is 0 Å². The molecule has 0 aromatic carbocycles. The molecule has 0 radical (unpaired) electrons. The second-order valence-electron chi connectivity index (χ2n) is 5.03. The van der Waals surface area contributed by atoms with Crippen LogP contribution in [0.15, 0.2) is 0 Å². The second-order valence-corrected chi connectivity index (χ2v) is 5.03. The van der Waals surface area contributed by atoms with E-state index < -0.39 is 0 Å². The number of hydrogen-bond acceptors (Lipinski definition) is 3. The van der Waals surface area contributed by atoms with Crippen LogP contribution in [0, 0.1) is 5.92 Å². The van der Waals surface area contributed by atoms with E-state index in [1.54, 1.807) is 0 Å². The summed E-state index contributed by atoms with van der Waals surface area (Å²) in [5, 5.41) is 0. The third kappa shape index (κ3) is 3.02. The standard InChI is InChI=1S/C13H22N2O3/c1-2-3-4-15-10-11(9-12(15)16)13(17)14-5-7-18-8-6-14/h11H,2-10H2,1H3/t11-/m1/s1. The van der Waals surface area contributed by atoms with Gasteiger partial charge >= 0.3 is 0 Å². The zero-order valence-electron chi connectivity index (χ0n) is 11.1. The van der Waals surface area contributed by atoms with Crippen molar-refractivity contribution in [1.29, 1.82) is 0 Å². The summed E-state index contributed by atoms with van der Waals surface area (Å²) in [6.45, 7) is 6.07. The Morgan fingerprint density at radius 1 is 1.39 bits per heavy atom. The quantitative estimate of drug-likeness (QED) is 0.734. The van der Waals surface area contributed by atoms with Gasteiger partial charge in [-0.15, -0.1) is 0 Å². The van der Waals surface area contributed by atoms with Crippen LogP contribution in [0.25, 0.3) is 0 Å².